The van der Waals surface area contributed by atoms with Gasteiger partial charge in [0.15, 0.2) is 0 Å². The summed E-state index contributed by atoms with van der Waals surface area (Å²) in [6, 6.07) is 9.09. The summed E-state index contributed by atoms with van der Waals surface area (Å²) in [7, 11) is 1.70. The highest BCUT2D eigenvalue weighted by molar-refractivity contribution is 6.30. The normalized spacial score (nSPS) is 19.3. The number of amides is 2. The molecule has 2 aliphatic rings. The fraction of sp³-hybridized carbons (Fsp3) is 0.300. The van der Waals surface area contributed by atoms with Gasteiger partial charge in [-0.2, -0.15) is 5.10 Å². The Morgan fingerprint density at radius 1 is 1.14 bits per heavy atom. The minimum Gasteiger partial charge on any atom is -0.381 e. The van der Waals surface area contributed by atoms with Gasteiger partial charge in [-0.25, -0.2) is 14.4 Å². The number of rotatable bonds is 9. The fourth-order valence-corrected chi connectivity index (χ4v) is 5.54. The number of aryl methyl sites for hydroxylation is 1. The van der Waals surface area contributed by atoms with Crippen molar-refractivity contribution in [3.63, 3.8) is 0 Å². The van der Waals surface area contributed by atoms with E-state index in [0.717, 1.165) is 12.8 Å². The molecule has 1 aliphatic heterocycles. The molecule has 1 fully saturated rings. The summed E-state index contributed by atoms with van der Waals surface area (Å²) in [5.41, 5.74) is -2.73. The predicted molar refractivity (Wildman–Crippen MR) is 154 cm³/mol. The van der Waals surface area contributed by atoms with E-state index in [-0.39, 0.29) is 47.6 Å². The van der Waals surface area contributed by atoms with E-state index in [1.54, 1.807) is 37.5 Å². The standard InChI is InChI=1S/C30H27Cl2FN6O4/c1-29(42,20-11-37-38(2)14-20)19-9-23-26(24(33)10-19)30(18-5-7-21(31)8-6-18,43-16-36-27(40)17-3-4-17)39(28(23)41)15-25-34-12-22(32)13-35-25/h5-14,17,42H,3-4,15-16H2,1-2H3,(H,36,40)/t29?,30-/m1/s1. The van der Waals surface area contributed by atoms with Gasteiger partial charge in [0.25, 0.3) is 5.91 Å². The molecule has 2 aromatic carbocycles. The Bertz CT molecular complexity index is 1710. The molecule has 0 bridgehead atoms. The molecule has 2 amide bonds. The zero-order valence-corrected chi connectivity index (χ0v) is 24.7. The van der Waals surface area contributed by atoms with E-state index in [1.807, 2.05) is 0 Å². The molecule has 13 heteroatoms. The molecular formula is C30H27Cl2FN6O4. The third kappa shape index (κ3) is 5.27. The molecule has 2 atom stereocenters. The molecule has 0 spiro atoms. The third-order valence-corrected chi connectivity index (χ3v) is 8.25. The Morgan fingerprint density at radius 2 is 1.84 bits per heavy atom. The fourth-order valence-electron chi connectivity index (χ4n) is 5.32. The van der Waals surface area contributed by atoms with Crippen molar-refractivity contribution in [2.75, 3.05) is 6.73 Å². The van der Waals surface area contributed by atoms with Gasteiger partial charge >= 0.3 is 0 Å². The minimum atomic E-state index is -1.86. The van der Waals surface area contributed by atoms with Gasteiger partial charge in [0.1, 0.15) is 24.0 Å². The second kappa shape index (κ2) is 11.0. The summed E-state index contributed by atoms with van der Waals surface area (Å²) in [5, 5.41) is 19.1. The summed E-state index contributed by atoms with van der Waals surface area (Å²) >= 11 is 12.2. The van der Waals surface area contributed by atoms with Crippen LogP contribution < -0.4 is 5.32 Å². The van der Waals surface area contributed by atoms with E-state index >= 15 is 4.39 Å². The van der Waals surface area contributed by atoms with E-state index < -0.39 is 23.1 Å². The number of hydrogen-bond acceptors (Lipinski definition) is 7. The zero-order chi connectivity index (χ0) is 30.5. The maximum atomic E-state index is 16.6. The van der Waals surface area contributed by atoms with Gasteiger partial charge in [0.05, 0.1) is 28.9 Å². The van der Waals surface area contributed by atoms with Crippen LogP contribution in [0, 0.1) is 11.7 Å². The van der Waals surface area contributed by atoms with Crippen molar-refractivity contribution in [2.24, 2.45) is 13.0 Å². The average Bonchev–Trinajstić information content (AvgIpc) is 3.69. The van der Waals surface area contributed by atoms with Gasteiger partial charge in [-0.15, -0.1) is 0 Å². The van der Waals surface area contributed by atoms with E-state index in [0.29, 0.717) is 21.2 Å². The van der Waals surface area contributed by atoms with Crippen molar-refractivity contribution in [1.29, 1.82) is 0 Å². The summed E-state index contributed by atoms with van der Waals surface area (Å²) < 4.78 is 24.5. The maximum absolute atomic E-state index is 16.6. The van der Waals surface area contributed by atoms with Crippen molar-refractivity contribution < 1.29 is 23.8 Å². The number of halogens is 3. The molecule has 0 saturated heterocycles. The Balaban J connectivity index is 1.52. The highest BCUT2D eigenvalue weighted by Crippen LogP contribution is 2.48. The molecule has 1 aliphatic carbocycles. The van der Waals surface area contributed by atoms with Crippen molar-refractivity contribution >= 4 is 35.0 Å². The second-order valence-electron chi connectivity index (χ2n) is 10.8. The van der Waals surface area contributed by atoms with E-state index in [4.69, 9.17) is 27.9 Å². The Morgan fingerprint density at radius 3 is 2.47 bits per heavy atom. The van der Waals surface area contributed by atoms with Crippen molar-refractivity contribution in [3.8, 4) is 0 Å². The molecule has 2 aromatic heterocycles. The van der Waals surface area contributed by atoms with Crippen LogP contribution in [0.1, 0.15) is 58.2 Å². The second-order valence-corrected chi connectivity index (χ2v) is 11.7. The van der Waals surface area contributed by atoms with Gasteiger partial charge in [-0.1, -0.05) is 35.3 Å². The van der Waals surface area contributed by atoms with E-state index in [2.05, 4.69) is 20.4 Å². The van der Waals surface area contributed by atoms with Crippen LogP contribution >= 0.6 is 23.2 Å². The number of fused-ring (bicyclic) bond motifs is 1. The van der Waals surface area contributed by atoms with Crippen LogP contribution in [-0.4, -0.2) is 48.3 Å². The number of ether oxygens (including phenoxy) is 1. The zero-order valence-electron chi connectivity index (χ0n) is 23.2. The van der Waals surface area contributed by atoms with Crippen LogP contribution in [-0.2, 0) is 34.4 Å². The molecule has 222 valence electrons. The smallest absolute Gasteiger partial charge is 0.257 e. The van der Waals surface area contributed by atoms with Gasteiger partial charge in [-0.05, 0) is 49.6 Å². The summed E-state index contributed by atoms with van der Waals surface area (Å²) in [6.45, 7) is 0.981. The first-order chi connectivity index (χ1) is 20.5. The topological polar surface area (TPSA) is 122 Å². The van der Waals surface area contributed by atoms with Gasteiger partial charge < -0.3 is 15.2 Å². The lowest BCUT2D eigenvalue weighted by Crippen LogP contribution is -2.49. The summed E-state index contributed by atoms with van der Waals surface area (Å²) in [6.07, 6.45) is 7.43. The molecule has 4 aromatic rings. The Kier molecular flexibility index (Phi) is 7.45. The van der Waals surface area contributed by atoms with Gasteiger partial charge in [0.2, 0.25) is 11.6 Å². The number of carbonyl (C=O) groups excluding carboxylic acids is 2. The number of aromatic nitrogens is 4. The minimum absolute atomic E-state index is 0.0309. The first-order valence-corrected chi connectivity index (χ1v) is 14.3. The molecule has 6 rings (SSSR count). The summed E-state index contributed by atoms with van der Waals surface area (Å²) in [4.78, 5) is 36.6. The highest BCUT2D eigenvalue weighted by atomic mass is 35.5. The number of benzene rings is 2. The van der Waals surface area contributed by atoms with Crippen LogP contribution in [0.3, 0.4) is 0 Å². The van der Waals surface area contributed by atoms with Crippen LogP contribution in [0.2, 0.25) is 10.0 Å². The van der Waals surface area contributed by atoms with E-state index in [9.17, 15) is 14.7 Å². The number of aliphatic hydroxyl groups is 1. The Hall–Kier alpha value is -3.90. The molecule has 2 N–H and O–H groups in total. The lowest BCUT2D eigenvalue weighted by molar-refractivity contribution is -0.137. The highest BCUT2D eigenvalue weighted by Gasteiger charge is 2.55. The number of carbonyl (C=O) groups is 2. The van der Waals surface area contributed by atoms with Gasteiger partial charge in [0, 0.05) is 47.7 Å². The lowest BCUT2D eigenvalue weighted by Gasteiger charge is -2.39. The predicted octanol–water partition coefficient (Wildman–Crippen LogP) is 4.27. The summed E-state index contributed by atoms with van der Waals surface area (Å²) in [5.74, 6) is -1.46. The Labute approximate surface area is 256 Å². The van der Waals surface area contributed by atoms with Crippen LogP contribution in [0.25, 0.3) is 0 Å². The molecule has 10 nitrogen and oxygen atoms in total. The number of nitrogens with zero attached hydrogens (tertiary/aromatic N) is 5. The van der Waals surface area contributed by atoms with E-state index in [1.165, 1.54) is 47.2 Å². The monoisotopic (exact) mass is 624 g/mol. The number of hydrogen-bond donors (Lipinski definition) is 2. The molecule has 1 unspecified atom stereocenters. The SMILES string of the molecule is Cn1cc(C(C)(O)c2cc(F)c3c(c2)C(=O)N(Cc2ncc(Cl)cn2)[C@@]3(OCNC(=O)C2CC2)c2ccc(Cl)cc2)cn1. The molecular weight excluding hydrogens is 598 g/mol. The van der Waals surface area contributed by atoms with Crippen LogP contribution in [0.4, 0.5) is 4.39 Å². The quantitative estimate of drug-likeness (QED) is 0.267. The first kappa shape index (κ1) is 29.2. The van der Waals surface area contributed by atoms with Crippen molar-refractivity contribution in [2.45, 2.75) is 37.6 Å². The van der Waals surface area contributed by atoms with Crippen molar-refractivity contribution in [1.82, 2.24) is 30.0 Å². The largest absolute Gasteiger partial charge is 0.381 e. The molecule has 3 heterocycles. The van der Waals surface area contributed by atoms with Crippen LogP contribution in [0.15, 0.2) is 61.2 Å². The molecule has 0 radical (unpaired) electrons. The van der Waals surface area contributed by atoms with Gasteiger partial charge in [-0.3, -0.25) is 19.2 Å². The third-order valence-electron chi connectivity index (χ3n) is 7.80. The van der Waals surface area contributed by atoms with Crippen molar-refractivity contribution in [3.05, 3.63) is 111 Å². The first-order valence-electron chi connectivity index (χ1n) is 13.5. The molecule has 43 heavy (non-hydrogen) atoms. The average molecular weight is 625 g/mol. The van der Waals surface area contributed by atoms with Crippen LogP contribution in [0.5, 0.6) is 0 Å². The maximum Gasteiger partial charge on any atom is 0.257 e. The molecule has 1 saturated carbocycles. The number of nitrogens with one attached hydrogen (secondary N) is 1. The lowest BCUT2D eigenvalue weighted by atomic mass is 9.85.